The van der Waals surface area contributed by atoms with Gasteiger partial charge in [-0.2, -0.15) is 0 Å². The van der Waals surface area contributed by atoms with Gasteiger partial charge in [-0.25, -0.2) is 0 Å². The van der Waals surface area contributed by atoms with E-state index >= 15 is 0 Å². The van der Waals surface area contributed by atoms with Crippen LogP contribution in [0.2, 0.25) is 0 Å². The smallest absolute Gasteiger partial charge is 0.261 e. The van der Waals surface area contributed by atoms with Crippen molar-refractivity contribution in [3.63, 3.8) is 0 Å². The van der Waals surface area contributed by atoms with Crippen molar-refractivity contribution in [1.29, 1.82) is 0 Å². The third-order valence-electron chi connectivity index (χ3n) is 7.38. The van der Waals surface area contributed by atoms with Crippen LogP contribution in [0.4, 0.5) is 0 Å². The summed E-state index contributed by atoms with van der Waals surface area (Å²) in [5, 5.41) is 3.00. The van der Waals surface area contributed by atoms with E-state index in [2.05, 4.69) is 47.5 Å². The summed E-state index contributed by atoms with van der Waals surface area (Å²) < 4.78 is 11.8. The highest BCUT2D eigenvalue weighted by atomic mass is 16.5. The van der Waals surface area contributed by atoms with E-state index in [-0.39, 0.29) is 29.9 Å². The molecule has 2 fully saturated rings. The molecule has 1 saturated heterocycles. The normalized spacial score (nSPS) is 22.4. The Labute approximate surface area is 208 Å². The predicted molar refractivity (Wildman–Crippen MR) is 134 cm³/mol. The maximum Gasteiger partial charge on any atom is 0.261 e. The molecular formula is C29H36N2O4. The van der Waals surface area contributed by atoms with Crippen LogP contribution in [0.3, 0.4) is 0 Å². The molecule has 2 aromatic carbocycles. The number of aryl methyl sites for hydroxylation is 1. The number of amides is 2. The fraction of sp³-hybridized carbons (Fsp3) is 0.517. The van der Waals surface area contributed by atoms with Crippen LogP contribution < -0.4 is 10.1 Å². The van der Waals surface area contributed by atoms with Crippen molar-refractivity contribution in [1.82, 2.24) is 10.2 Å². The molecule has 2 aliphatic heterocycles. The summed E-state index contributed by atoms with van der Waals surface area (Å²) >= 11 is 0. The average Bonchev–Trinajstić information content (AvgIpc) is 3.59. The number of carbonyl (C=O) groups is 2. The van der Waals surface area contributed by atoms with Gasteiger partial charge in [0.1, 0.15) is 5.75 Å². The van der Waals surface area contributed by atoms with E-state index in [1.807, 2.05) is 19.1 Å². The molecule has 186 valence electrons. The maximum absolute atomic E-state index is 13.2. The monoisotopic (exact) mass is 476 g/mol. The van der Waals surface area contributed by atoms with E-state index in [9.17, 15) is 9.59 Å². The molecule has 0 spiro atoms. The summed E-state index contributed by atoms with van der Waals surface area (Å²) in [4.78, 5) is 28.1. The molecule has 0 aromatic heterocycles. The van der Waals surface area contributed by atoms with Crippen LogP contribution in [0.1, 0.15) is 67.3 Å². The number of nitrogens with one attached hydrogen (secondary N) is 1. The topological polar surface area (TPSA) is 67.9 Å². The highest BCUT2D eigenvalue weighted by molar-refractivity contribution is 5.82. The lowest BCUT2D eigenvalue weighted by Crippen LogP contribution is -2.42. The van der Waals surface area contributed by atoms with E-state index in [0.717, 1.165) is 56.4 Å². The van der Waals surface area contributed by atoms with E-state index in [1.165, 1.54) is 11.1 Å². The van der Waals surface area contributed by atoms with Crippen molar-refractivity contribution >= 4 is 11.8 Å². The molecule has 1 aliphatic carbocycles. The van der Waals surface area contributed by atoms with Crippen LogP contribution in [0.15, 0.2) is 42.5 Å². The standard InChI is InChI=1S/C29H36N2O4/c1-3-26(28(32)30-18-24-8-5-15-34-24)35-23-12-11-20-13-14-31(29(33)21-9-10-21)27(25(20)17-23)22-7-4-6-19(2)16-22/h4,6-7,11-12,16-17,21,24,26-27H,3,5,8-10,13-15,18H2,1-2H3,(H,30,32). The SMILES string of the molecule is CCC(Oc1ccc2c(c1)C(c1cccc(C)c1)N(C(=O)C1CC1)CC2)C(=O)NCC1CCCO1. The number of fused-ring (bicyclic) bond motifs is 1. The summed E-state index contributed by atoms with van der Waals surface area (Å²) in [7, 11) is 0. The molecule has 3 unspecified atom stereocenters. The summed E-state index contributed by atoms with van der Waals surface area (Å²) in [5.74, 6) is 0.983. The first-order valence-corrected chi connectivity index (χ1v) is 13.1. The van der Waals surface area contributed by atoms with Gasteiger partial charge < -0.3 is 19.7 Å². The van der Waals surface area contributed by atoms with Crippen LogP contribution in [0.25, 0.3) is 0 Å². The van der Waals surface area contributed by atoms with E-state index < -0.39 is 6.10 Å². The summed E-state index contributed by atoms with van der Waals surface area (Å²) in [6.45, 7) is 6.06. The third kappa shape index (κ3) is 5.37. The van der Waals surface area contributed by atoms with Gasteiger partial charge in [0.25, 0.3) is 5.91 Å². The van der Waals surface area contributed by atoms with Gasteiger partial charge in [0.15, 0.2) is 6.10 Å². The number of carbonyl (C=O) groups excluding carboxylic acids is 2. The fourth-order valence-corrected chi connectivity index (χ4v) is 5.29. The number of hydrogen-bond acceptors (Lipinski definition) is 4. The van der Waals surface area contributed by atoms with Gasteiger partial charge in [0.05, 0.1) is 12.1 Å². The number of benzene rings is 2. The molecule has 2 amide bonds. The summed E-state index contributed by atoms with van der Waals surface area (Å²) in [6.07, 6.45) is 4.95. The highest BCUT2D eigenvalue weighted by Crippen LogP contribution is 2.41. The van der Waals surface area contributed by atoms with Gasteiger partial charge in [0, 0.05) is 25.6 Å². The zero-order chi connectivity index (χ0) is 24.4. The van der Waals surface area contributed by atoms with Gasteiger partial charge in [-0.15, -0.1) is 0 Å². The molecule has 1 N–H and O–H groups in total. The second-order valence-corrected chi connectivity index (χ2v) is 10.1. The van der Waals surface area contributed by atoms with Crippen molar-refractivity contribution in [2.45, 2.75) is 70.6 Å². The zero-order valence-corrected chi connectivity index (χ0v) is 20.8. The molecule has 2 heterocycles. The minimum absolute atomic E-state index is 0.102. The second-order valence-electron chi connectivity index (χ2n) is 10.1. The summed E-state index contributed by atoms with van der Waals surface area (Å²) in [6, 6.07) is 14.4. The lowest BCUT2D eigenvalue weighted by molar-refractivity contribution is -0.134. The minimum Gasteiger partial charge on any atom is -0.481 e. The van der Waals surface area contributed by atoms with Crippen LogP contribution in [0.5, 0.6) is 5.75 Å². The maximum atomic E-state index is 13.2. The first-order chi connectivity index (χ1) is 17.0. The Balaban J connectivity index is 1.39. The van der Waals surface area contributed by atoms with Crippen molar-refractivity contribution in [2.75, 3.05) is 19.7 Å². The van der Waals surface area contributed by atoms with Crippen molar-refractivity contribution in [3.8, 4) is 5.75 Å². The van der Waals surface area contributed by atoms with E-state index in [1.54, 1.807) is 0 Å². The number of nitrogens with zero attached hydrogens (tertiary/aromatic N) is 1. The molecule has 3 aliphatic rings. The molecule has 6 nitrogen and oxygen atoms in total. The Morgan fingerprint density at radius 2 is 2.03 bits per heavy atom. The van der Waals surface area contributed by atoms with Crippen molar-refractivity contribution in [3.05, 3.63) is 64.7 Å². The fourth-order valence-electron chi connectivity index (χ4n) is 5.29. The molecular weight excluding hydrogens is 440 g/mol. The van der Waals surface area contributed by atoms with Crippen LogP contribution in [0, 0.1) is 12.8 Å². The molecule has 1 saturated carbocycles. The van der Waals surface area contributed by atoms with Gasteiger partial charge in [0.2, 0.25) is 5.91 Å². The van der Waals surface area contributed by atoms with Gasteiger partial charge in [-0.1, -0.05) is 42.8 Å². The van der Waals surface area contributed by atoms with Gasteiger partial charge in [-0.05, 0) is 74.3 Å². The van der Waals surface area contributed by atoms with E-state index in [0.29, 0.717) is 18.7 Å². The zero-order valence-electron chi connectivity index (χ0n) is 20.8. The third-order valence-corrected chi connectivity index (χ3v) is 7.38. The lowest BCUT2D eigenvalue weighted by Gasteiger charge is -2.38. The second kappa shape index (κ2) is 10.4. The highest BCUT2D eigenvalue weighted by Gasteiger charge is 2.39. The van der Waals surface area contributed by atoms with Crippen LogP contribution in [-0.4, -0.2) is 48.6 Å². The van der Waals surface area contributed by atoms with Crippen molar-refractivity contribution < 1.29 is 19.1 Å². The molecule has 5 rings (SSSR count). The number of hydrogen-bond donors (Lipinski definition) is 1. The summed E-state index contributed by atoms with van der Waals surface area (Å²) in [5.41, 5.74) is 4.64. The first-order valence-electron chi connectivity index (χ1n) is 13.1. The number of rotatable bonds is 8. The molecule has 0 radical (unpaired) electrons. The largest absolute Gasteiger partial charge is 0.481 e. The Morgan fingerprint density at radius 1 is 1.17 bits per heavy atom. The van der Waals surface area contributed by atoms with Crippen LogP contribution in [-0.2, 0) is 20.7 Å². The van der Waals surface area contributed by atoms with Gasteiger partial charge in [-0.3, -0.25) is 9.59 Å². The molecule has 3 atom stereocenters. The minimum atomic E-state index is -0.570. The van der Waals surface area contributed by atoms with Crippen LogP contribution >= 0.6 is 0 Å². The van der Waals surface area contributed by atoms with Crippen molar-refractivity contribution in [2.24, 2.45) is 5.92 Å². The lowest BCUT2D eigenvalue weighted by atomic mass is 9.87. The predicted octanol–water partition coefficient (Wildman–Crippen LogP) is 4.33. The quantitative estimate of drug-likeness (QED) is 0.616. The first kappa shape index (κ1) is 23.9. The average molecular weight is 477 g/mol. The molecule has 35 heavy (non-hydrogen) atoms. The van der Waals surface area contributed by atoms with Gasteiger partial charge >= 0.3 is 0 Å². The Hall–Kier alpha value is -2.86. The Morgan fingerprint density at radius 3 is 2.74 bits per heavy atom. The molecule has 6 heteroatoms. The number of ether oxygens (including phenoxy) is 2. The Bertz CT molecular complexity index is 1070. The molecule has 0 bridgehead atoms. The van der Waals surface area contributed by atoms with E-state index in [4.69, 9.17) is 9.47 Å². The Kier molecular flexibility index (Phi) is 7.09. The molecule has 2 aromatic rings.